The van der Waals surface area contributed by atoms with Crippen molar-refractivity contribution in [1.29, 1.82) is 0 Å². The lowest BCUT2D eigenvalue weighted by molar-refractivity contribution is 0.0695. The lowest BCUT2D eigenvalue weighted by atomic mass is 9.98. The van der Waals surface area contributed by atoms with Crippen LogP contribution in [0.1, 0.15) is 15.9 Å². The normalized spacial score (nSPS) is 11.3. The Balaban J connectivity index is 1.19. The van der Waals surface area contributed by atoms with Crippen LogP contribution in [0, 0.1) is 18.6 Å². The Hall–Kier alpha value is -5.39. The van der Waals surface area contributed by atoms with Gasteiger partial charge in [-0.15, -0.1) is 0 Å². The number of aliphatic hydroxyl groups excluding tert-OH is 1. The van der Waals surface area contributed by atoms with E-state index >= 15 is 8.78 Å². The molecule has 2 aromatic heterocycles. The largest absolute Gasteiger partial charge is 0.478 e. The molecular formula is C34H28F2N4O5. The van der Waals surface area contributed by atoms with Crippen LogP contribution < -0.4 is 4.74 Å². The Morgan fingerprint density at radius 1 is 0.911 bits per heavy atom. The third-order valence-corrected chi connectivity index (χ3v) is 7.33. The number of H-pyrrole nitrogens is 1. The number of nitrogens with one attached hydrogen (secondary N) is 1. The highest BCUT2D eigenvalue weighted by Gasteiger charge is 2.20. The molecule has 9 nitrogen and oxygen atoms in total. The maximum Gasteiger partial charge on any atom is 0.336 e. The number of aromatic nitrogens is 4. The van der Waals surface area contributed by atoms with Gasteiger partial charge in [-0.25, -0.2) is 13.6 Å². The smallest absolute Gasteiger partial charge is 0.336 e. The van der Waals surface area contributed by atoms with Gasteiger partial charge in [0.2, 0.25) is 0 Å². The highest BCUT2D eigenvalue weighted by molar-refractivity contribution is 5.90. The number of hydrogen-bond acceptors (Lipinski definition) is 6. The lowest BCUT2D eigenvalue weighted by Crippen LogP contribution is -2.08. The fourth-order valence-electron chi connectivity index (χ4n) is 5.01. The summed E-state index contributed by atoms with van der Waals surface area (Å²) < 4.78 is 43.6. The second-order valence-electron chi connectivity index (χ2n) is 10.3. The molecule has 6 rings (SSSR count). The molecule has 11 heteroatoms. The van der Waals surface area contributed by atoms with Gasteiger partial charge >= 0.3 is 5.97 Å². The average Bonchev–Trinajstić information content (AvgIpc) is 3.68. The minimum absolute atomic E-state index is 0.0134. The van der Waals surface area contributed by atoms with Crippen molar-refractivity contribution in [2.24, 2.45) is 0 Å². The molecule has 0 bridgehead atoms. The SMILES string of the molecule is Cc1ccc(Oc2nc3c(F)c(-c4ccc(-c5ccc(-c6ccn(CCOCCO)n6)cc5)cc4)c(F)cc3[nH]2)cc1C(=O)O. The number of carbonyl (C=O) groups is 1. The van der Waals surface area contributed by atoms with E-state index in [0.717, 1.165) is 28.5 Å². The van der Waals surface area contributed by atoms with Gasteiger partial charge in [-0.3, -0.25) is 4.68 Å². The molecule has 0 spiro atoms. The van der Waals surface area contributed by atoms with E-state index in [9.17, 15) is 9.90 Å². The summed E-state index contributed by atoms with van der Waals surface area (Å²) in [7, 11) is 0. The number of hydrogen-bond donors (Lipinski definition) is 3. The Labute approximate surface area is 256 Å². The van der Waals surface area contributed by atoms with E-state index in [4.69, 9.17) is 14.6 Å². The number of aryl methyl sites for hydroxylation is 1. The Morgan fingerprint density at radius 2 is 1.60 bits per heavy atom. The number of carboxylic acid groups (broad SMARTS) is 1. The van der Waals surface area contributed by atoms with Crippen molar-refractivity contribution in [2.45, 2.75) is 13.5 Å². The molecule has 0 saturated carbocycles. The molecule has 4 aromatic carbocycles. The topological polar surface area (TPSA) is 122 Å². The molecule has 6 aromatic rings. The number of aromatic amines is 1. The van der Waals surface area contributed by atoms with Crippen LogP contribution in [0.25, 0.3) is 44.5 Å². The molecule has 3 N–H and O–H groups in total. The van der Waals surface area contributed by atoms with Crippen LogP contribution in [0.5, 0.6) is 11.8 Å². The Morgan fingerprint density at radius 3 is 2.29 bits per heavy atom. The minimum Gasteiger partial charge on any atom is -0.478 e. The number of aliphatic hydroxyl groups is 1. The summed E-state index contributed by atoms with van der Waals surface area (Å²) in [4.78, 5) is 18.4. The zero-order valence-corrected chi connectivity index (χ0v) is 24.1. The van der Waals surface area contributed by atoms with Crippen LogP contribution in [0.3, 0.4) is 0 Å². The number of ether oxygens (including phenoxy) is 2. The van der Waals surface area contributed by atoms with Gasteiger partial charge < -0.3 is 24.7 Å². The van der Waals surface area contributed by atoms with Gasteiger partial charge in [0.25, 0.3) is 6.01 Å². The fraction of sp³-hybridized carbons (Fsp3) is 0.147. The van der Waals surface area contributed by atoms with Gasteiger partial charge in [0.1, 0.15) is 17.1 Å². The van der Waals surface area contributed by atoms with E-state index in [0.29, 0.717) is 30.9 Å². The number of aromatic carboxylic acids is 1. The fourth-order valence-corrected chi connectivity index (χ4v) is 5.01. The van der Waals surface area contributed by atoms with Gasteiger partial charge in [-0.1, -0.05) is 54.6 Å². The first-order chi connectivity index (χ1) is 21.8. The molecule has 0 radical (unpaired) electrons. The number of imidazole rings is 1. The molecule has 0 unspecified atom stereocenters. The van der Waals surface area contributed by atoms with E-state index in [1.165, 1.54) is 6.07 Å². The second kappa shape index (κ2) is 12.7. The van der Waals surface area contributed by atoms with Crippen molar-refractivity contribution >= 4 is 17.0 Å². The van der Waals surface area contributed by atoms with E-state index in [1.807, 2.05) is 36.5 Å². The van der Waals surface area contributed by atoms with Gasteiger partial charge in [0.15, 0.2) is 5.82 Å². The molecule has 228 valence electrons. The maximum atomic E-state index is 15.6. The van der Waals surface area contributed by atoms with E-state index in [-0.39, 0.29) is 40.5 Å². The van der Waals surface area contributed by atoms with Crippen molar-refractivity contribution in [3.05, 3.63) is 108 Å². The summed E-state index contributed by atoms with van der Waals surface area (Å²) in [6.07, 6.45) is 1.87. The Kier molecular flexibility index (Phi) is 8.37. The third-order valence-electron chi connectivity index (χ3n) is 7.33. The number of halogens is 2. The molecule has 0 saturated heterocycles. The van der Waals surface area contributed by atoms with Crippen LogP contribution in [-0.4, -0.2) is 55.8 Å². The van der Waals surface area contributed by atoms with Crippen molar-refractivity contribution in [3.8, 4) is 45.3 Å². The second-order valence-corrected chi connectivity index (χ2v) is 10.3. The molecule has 0 atom stereocenters. The van der Waals surface area contributed by atoms with Crippen LogP contribution in [0.2, 0.25) is 0 Å². The van der Waals surface area contributed by atoms with Crippen molar-refractivity contribution in [1.82, 2.24) is 19.7 Å². The third kappa shape index (κ3) is 6.30. The van der Waals surface area contributed by atoms with Crippen LogP contribution in [0.15, 0.2) is 85.1 Å². The Bertz CT molecular complexity index is 1990. The molecule has 0 aliphatic carbocycles. The van der Waals surface area contributed by atoms with Gasteiger partial charge in [0, 0.05) is 17.8 Å². The summed E-state index contributed by atoms with van der Waals surface area (Å²) in [6, 6.07) is 22.2. The summed E-state index contributed by atoms with van der Waals surface area (Å²) in [5.41, 5.74) is 4.29. The lowest BCUT2D eigenvalue weighted by Gasteiger charge is -2.08. The molecule has 0 aliphatic heterocycles. The summed E-state index contributed by atoms with van der Waals surface area (Å²) >= 11 is 0. The van der Waals surface area contributed by atoms with Crippen molar-refractivity contribution < 1.29 is 33.3 Å². The first-order valence-corrected chi connectivity index (χ1v) is 14.1. The number of fused-ring (bicyclic) bond motifs is 1. The summed E-state index contributed by atoms with van der Waals surface area (Å²) in [5.74, 6) is -2.53. The van der Waals surface area contributed by atoms with Gasteiger partial charge in [-0.05, 0) is 47.4 Å². The highest BCUT2D eigenvalue weighted by Crippen LogP contribution is 2.34. The predicted octanol–water partition coefficient (Wildman–Crippen LogP) is 6.85. The zero-order chi connectivity index (χ0) is 31.5. The molecular weight excluding hydrogens is 582 g/mol. The quantitative estimate of drug-likeness (QED) is 0.137. The molecule has 0 fully saturated rings. The summed E-state index contributed by atoms with van der Waals surface area (Å²) in [6.45, 7) is 2.98. The number of carboxylic acids is 1. The first kappa shape index (κ1) is 29.7. The van der Waals surface area contributed by atoms with Crippen molar-refractivity contribution in [2.75, 3.05) is 19.8 Å². The van der Waals surface area contributed by atoms with Crippen molar-refractivity contribution in [3.63, 3.8) is 0 Å². The number of rotatable bonds is 11. The maximum absolute atomic E-state index is 15.6. The van der Waals surface area contributed by atoms with Crippen LogP contribution in [0.4, 0.5) is 8.78 Å². The highest BCUT2D eigenvalue weighted by atomic mass is 19.1. The standard InChI is InChI=1S/C34H28F2N4O5/c1-20-2-11-25(18-26(20)33(42)43)45-34-37-29-19-27(35)30(31(36)32(29)38-34)24-9-5-22(6-10-24)21-3-7-23(8-4-21)28-12-13-40(39-28)14-16-44-17-15-41/h2-13,18-19,41H,14-17H2,1H3,(H,37,38)(H,42,43). The first-order valence-electron chi connectivity index (χ1n) is 14.1. The molecule has 2 heterocycles. The van der Waals surface area contributed by atoms with E-state index in [1.54, 1.807) is 48.0 Å². The molecule has 45 heavy (non-hydrogen) atoms. The summed E-state index contributed by atoms with van der Waals surface area (Å²) in [5, 5.41) is 22.7. The van der Waals surface area contributed by atoms with Crippen LogP contribution in [-0.2, 0) is 11.3 Å². The number of nitrogens with zero attached hydrogens (tertiary/aromatic N) is 3. The average molecular weight is 611 g/mol. The number of benzene rings is 4. The van der Waals surface area contributed by atoms with Gasteiger partial charge in [0.05, 0.1) is 48.7 Å². The zero-order valence-electron chi connectivity index (χ0n) is 24.1. The van der Waals surface area contributed by atoms with E-state index < -0.39 is 17.6 Å². The monoisotopic (exact) mass is 610 g/mol. The van der Waals surface area contributed by atoms with E-state index in [2.05, 4.69) is 15.1 Å². The predicted molar refractivity (Wildman–Crippen MR) is 164 cm³/mol. The molecule has 0 aliphatic rings. The molecule has 0 amide bonds. The van der Waals surface area contributed by atoms with Crippen LogP contribution >= 0.6 is 0 Å². The minimum atomic E-state index is -1.11. The van der Waals surface area contributed by atoms with Gasteiger partial charge in [-0.2, -0.15) is 10.1 Å².